The molecule has 5 nitrogen and oxygen atoms in total. The molecule has 0 radical (unpaired) electrons. The van der Waals surface area contributed by atoms with Gasteiger partial charge in [0.25, 0.3) is 0 Å². The van der Waals surface area contributed by atoms with Crippen molar-refractivity contribution >= 4 is 11.9 Å². The zero-order chi connectivity index (χ0) is 13.7. The van der Waals surface area contributed by atoms with Crippen molar-refractivity contribution in [2.75, 3.05) is 0 Å². The molecule has 0 aliphatic heterocycles. The second-order valence-electron chi connectivity index (χ2n) is 4.09. The number of aliphatic carboxylic acids is 2. The molecule has 0 aromatic heterocycles. The third-order valence-corrected chi connectivity index (χ3v) is 2.18. The zero-order valence-corrected chi connectivity index (χ0v) is 10.8. The van der Waals surface area contributed by atoms with E-state index in [0.29, 0.717) is 18.9 Å². The fraction of sp³-hybridized carbons (Fsp3) is 0.833. The molecule has 1 atom stereocenters. The first kappa shape index (κ1) is 18.3. The topological polar surface area (TPSA) is 101 Å². The molecule has 0 aliphatic rings. The third-order valence-electron chi connectivity index (χ3n) is 2.18. The van der Waals surface area contributed by atoms with E-state index in [-0.39, 0.29) is 12.8 Å². The second kappa shape index (κ2) is 13.0. The van der Waals surface area contributed by atoms with Gasteiger partial charge < -0.3 is 15.9 Å². The number of hydrogen-bond donors (Lipinski definition) is 3. The molecular formula is C12H25NO4. The minimum atomic E-state index is -0.784. The Kier molecular flexibility index (Phi) is 13.9. The predicted molar refractivity (Wildman–Crippen MR) is 66.9 cm³/mol. The van der Waals surface area contributed by atoms with Gasteiger partial charge in [-0.25, -0.2) is 0 Å². The normalized spacial score (nSPS) is 11.2. The number of rotatable bonds is 8. The van der Waals surface area contributed by atoms with Crippen LogP contribution in [0.4, 0.5) is 0 Å². The zero-order valence-electron chi connectivity index (χ0n) is 10.8. The summed E-state index contributed by atoms with van der Waals surface area (Å²) in [6, 6.07) is 0.384. The molecule has 0 amide bonds. The fourth-order valence-corrected chi connectivity index (χ4v) is 0.906. The number of carboxylic acids is 2. The van der Waals surface area contributed by atoms with E-state index in [0.717, 1.165) is 19.3 Å². The van der Waals surface area contributed by atoms with Crippen molar-refractivity contribution in [2.45, 2.75) is 64.8 Å². The Morgan fingerprint density at radius 1 is 1.00 bits per heavy atom. The molecule has 0 heterocycles. The lowest BCUT2D eigenvalue weighted by molar-refractivity contribution is -0.138. The molecule has 0 aromatic rings. The highest BCUT2D eigenvalue weighted by Gasteiger charge is 1.98. The van der Waals surface area contributed by atoms with Crippen LogP contribution in [0.25, 0.3) is 0 Å². The van der Waals surface area contributed by atoms with Crippen LogP contribution >= 0.6 is 0 Å². The lowest BCUT2D eigenvalue weighted by atomic mass is 10.1. The van der Waals surface area contributed by atoms with Gasteiger partial charge in [-0.3, -0.25) is 9.59 Å². The van der Waals surface area contributed by atoms with E-state index in [1.807, 2.05) is 6.92 Å². The molecule has 1 unspecified atom stereocenters. The maximum Gasteiger partial charge on any atom is 0.303 e. The molecule has 102 valence electrons. The maximum absolute atomic E-state index is 10.0. The van der Waals surface area contributed by atoms with Gasteiger partial charge in [-0.15, -0.1) is 0 Å². The third kappa shape index (κ3) is 25.3. The average molecular weight is 247 g/mol. The summed E-state index contributed by atoms with van der Waals surface area (Å²) in [5.41, 5.74) is 5.29. The highest BCUT2D eigenvalue weighted by Crippen LogP contribution is 2.04. The molecule has 0 aliphatic carbocycles. The van der Waals surface area contributed by atoms with Gasteiger partial charge in [0.15, 0.2) is 0 Å². The van der Waals surface area contributed by atoms with Crippen molar-refractivity contribution in [1.29, 1.82) is 0 Å². The molecule has 0 fully saturated rings. The summed E-state index contributed by atoms with van der Waals surface area (Å²) >= 11 is 0. The van der Waals surface area contributed by atoms with E-state index in [1.54, 1.807) is 0 Å². The van der Waals surface area contributed by atoms with E-state index < -0.39 is 11.9 Å². The Morgan fingerprint density at radius 3 is 1.47 bits per heavy atom. The highest BCUT2D eigenvalue weighted by atomic mass is 16.4. The number of nitrogens with two attached hydrogens (primary N) is 1. The van der Waals surface area contributed by atoms with Crippen molar-refractivity contribution in [2.24, 2.45) is 5.73 Å². The number of carboxylic acid groups (broad SMARTS) is 2. The van der Waals surface area contributed by atoms with Gasteiger partial charge in [-0.1, -0.05) is 19.8 Å². The maximum atomic E-state index is 10.0. The highest BCUT2D eigenvalue weighted by molar-refractivity contribution is 5.66. The molecule has 0 spiro atoms. The SMILES string of the molecule is CCC(C)N.O=C(O)CCCCCCC(=O)O. The van der Waals surface area contributed by atoms with E-state index >= 15 is 0 Å². The van der Waals surface area contributed by atoms with Gasteiger partial charge in [-0.2, -0.15) is 0 Å². The van der Waals surface area contributed by atoms with Crippen molar-refractivity contribution in [3.05, 3.63) is 0 Å². The molecule has 0 saturated heterocycles. The van der Waals surface area contributed by atoms with Gasteiger partial charge in [0.1, 0.15) is 0 Å². The van der Waals surface area contributed by atoms with Crippen molar-refractivity contribution in [1.82, 2.24) is 0 Å². The van der Waals surface area contributed by atoms with Crippen LogP contribution in [0.1, 0.15) is 58.8 Å². The molecule has 5 heteroatoms. The lowest BCUT2D eigenvalue weighted by Crippen LogP contribution is -2.11. The number of unbranched alkanes of at least 4 members (excludes halogenated alkanes) is 3. The second-order valence-corrected chi connectivity index (χ2v) is 4.09. The summed E-state index contributed by atoms with van der Waals surface area (Å²) in [4.78, 5) is 20.1. The molecule has 0 aromatic carbocycles. The first-order valence-corrected chi connectivity index (χ1v) is 6.09. The number of hydrogen-bond acceptors (Lipinski definition) is 3. The predicted octanol–water partition coefficient (Wildman–Crippen LogP) is 2.24. The summed E-state index contributed by atoms with van der Waals surface area (Å²) in [5.74, 6) is -1.57. The van der Waals surface area contributed by atoms with Crippen LogP contribution in [0.15, 0.2) is 0 Å². The largest absolute Gasteiger partial charge is 0.481 e. The first-order valence-electron chi connectivity index (χ1n) is 6.09. The van der Waals surface area contributed by atoms with Crippen molar-refractivity contribution in [3.8, 4) is 0 Å². The quantitative estimate of drug-likeness (QED) is 0.571. The van der Waals surface area contributed by atoms with Gasteiger partial charge in [0.05, 0.1) is 0 Å². The average Bonchev–Trinajstić information content (AvgIpc) is 2.23. The van der Waals surface area contributed by atoms with E-state index in [9.17, 15) is 9.59 Å². The summed E-state index contributed by atoms with van der Waals surface area (Å²) < 4.78 is 0. The smallest absolute Gasteiger partial charge is 0.303 e. The Bertz CT molecular complexity index is 187. The Morgan fingerprint density at radius 2 is 1.29 bits per heavy atom. The van der Waals surface area contributed by atoms with Crippen LogP contribution in [-0.4, -0.2) is 28.2 Å². The summed E-state index contributed by atoms with van der Waals surface area (Å²) in [7, 11) is 0. The van der Waals surface area contributed by atoms with Crippen molar-refractivity contribution < 1.29 is 19.8 Å². The van der Waals surface area contributed by atoms with Gasteiger partial charge >= 0.3 is 11.9 Å². The molecule has 4 N–H and O–H groups in total. The minimum Gasteiger partial charge on any atom is -0.481 e. The summed E-state index contributed by atoms with van der Waals surface area (Å²) in [6.45, 7) is 4.07. The minimum absolute atomic E-state index is 0.188. The standard InChI is InChI=1S/C8H14O4.C4H11N/c9-7(10)5-3-1-2-4-6-8(11)12;1-3-4(2)5/h1-6H2,(H,9,10)(H,11,12);4H,3,5H2,1-2H3. The van der Waals surface area contributed by atoms with Crippen LogP contribution in [-0.2, 0) is 9.59 Å². The summed E-state index contributed by atoms with van der Waals surface area (Å²) in [5, 5.41) is 16.5. The Balaban J connectivity index is 0. The van der Waals surface area contributed by atoms with E-state index in [2.05, 4.69) is 6.92 Å². The first-order chi connectivity index (χ1) is 7.90. The molecule has 17 heavy (non-hydrogen) atoms. The van der Waals surface area contributed by atoms with Crippen molar-refractivity contribution in [3.63, 3.8) is 0 Å². The summed E-state index contributed by atoms with van der Waals surface area (Å²) in [6.07, 6.45) is 4.36. The van der Waals surface area contributed by atoms with Gasteiger partial charge in [-0.05, 0) is 26.2 Å². The Labute approximate surface area is 103 Å². The van der Waals surface area contributed by atoms with Crippen LogP contribution in [0, 0.1) is 0 Å². The number of carbonyl (C=O) groups is 2. The molecule has 0 saturated carbocycles. The monoisotopic (exact) mass is 247 g/mol. The molecule has 0 rings (SSSR count). The van der Waals surface area contributed by atoms with Gasteiger partial charge in [0, 0.05) is 18.9 Å². The lowest BCUT2D eigenvalue weighted by Gasteiger charge is -1.96. The van der Waals surface area contributed by atoms with Crippen LogP contribution in [0.5, 0.6) is 0 Å². The van der Waals surface area contributed by atoms with Crippen LogP contribution in [0.3, 0.4) is 0 Å². The van der Waals surface area contributed by atoms with Crippen LogP contribution in [0.2, 0.25) is 0 Å². The molecule has 0 bridgehead atoms. The molecular weight excluding hydrogens is 222 g/mol. The van der Waals surface area contributed by atoms with Crippen LogP contribution < -0.4 is 5.73 Å². The Hall–Kier alpha value is -1.10. The van der Waals surface area contributed by atoms with E-state index in [1.165, 1.54) is 0 Å². The van der Waals surface area contributed by atoms with E-state index in [4.69, 9.17) is 15.9 Å². The van der Waals surface area contributed by atoms with Gasteiger partial charge in [0.2, 0.25) is 0 Å². The fourth-order valence-electron chi connectivity index (χ4n) is 0.906.